The molecule has 0 heterocycles. The average molecular weight is 362 g/mol. The van der Waals surface area contributed by atoms with Crippen LogP contribution in [0.2, 0.25) is 5.02 Å². The highest BCUT2D eigenvalue weighted by Gasteiger charge is 2.29. The summed E-state index contributed by atoms with van der Waals surface area (Å²) in [5.41, 5.74) is 2.73. The molecule has 0 aliphatic heterocycles. The van der Waals surface area contributed by atoms with Crippen molar-refractivity contribution in [1.82, 2.24) is 4.90 Å². The van der Waals surface area contributed by atoms with Crippen LogP contribution < -0.4 is 0 Å². The molecule has 2 aromatic carbocycles. The first kappa shape index (κ1) is 17.6. The molecule has 0 radical (unpaired) electrons. The van der Waals surface area contributed by atoms with Crippen molar-refractivity contribution in [2.45, 2.75) is 31.4 Å². The molecule has 0 fully saturated rings. The van der Waals surface area contributed by atoms with Gasteiger partial charge in [-0.25, -0.2) is 4.79 Å². The van der Waals surface area contributed by atoms with Gasteiger partial charge in [-0.1, -0.05) is 29.8 Å². The molecule has 2 atom stereocenters. The highest BCUT2D eigenvalue weighted by molar-refractivity contribution is 6.30. The molecule has 0 spiro atoms. The number of rotatable bonds is 4. The van der Waals surface area contributed by atoms with Gasteiger partial charge in [0.15, 0.2) is 0 Å². The van der Waals surface area contributed by atoms with E-state index >= 15 is 0 Å². The molecule has 132 valence electrons. The molecular weight excluding hydrogens is 342 g/mol. The van der Waals surface area contributed by atoms with Gasteiger partial charge < -0.3 is 20.2 Å². The number of phenols is 1. The Balaban J connectivity index is 1.75. The van der Waals surface area contributed by atoms with Crippen molar-refractivity contribution in [3.63, 3.8) is 0 Å². The molecule has 1 amide bonds. The van der Waals surface area contributed by atoms with Crippen LogP contribution in [0, 0.1) is 0 Å². The summed E-state index contributed by atoms with van der Waals surface area (Å²) in [6.45, 7) is -0.00419. The Kier molecular flexibility index (Phi) is 5.16. The fraction of sp³-hybridized carbons (Fsp3) is 0.316. The number of carboxylic acid groups (broad SMARTS) is 1. The van der Waals surface area contributed by atoms with Crippen molar-refractivity contribution in [1.29, 1.82) is 0 Å². The Hall–Kier alpha value is -2.24. The van der Waals surface area contributed by atoms with Crippen LogP contribution in [0.1, 0.15) is 29.2 Å². The molecule has 0 bridgehead atoms. The number of aromatic hydroxyl groups is 1. The number of fused-ring (bicyclic) bond motifs is 1. The molecule has 6 heteroatoms. The number of hydrogen-bond acceptors (Lipinski definition) is 3. The van der Waals surface area contributed by atoms with Gasteiger partial charge in [-0.15, -0.1) is 0 Å². The molecule has 1 aliphatic rings. The fourth-order valence-electron chi connectivity index (χ4n) is 3.35. The van der Waals surface area contributed by atoms with E-state index in [0.29, 0.717) is 23.4 Å². The summed E-state index contributed by atoms with van der Waals surface area (Å²) in [4.78, 5) is 13.0. The van der Waals surface area contributed by atoms with Crippen molar-refractivity contribution in [2.75, 3.05) is 6.54 Å². The lowest BCUT2D eigenvalue weighted by Crippen LogP contribution is -2.44. The van der Waals surface area contributed by atoms with E-state index in [1.807, 2.05) is 6.07 Å². The predicted octanol–water partition coefficient (Wildman–Crippen LogP) is 3.62. The maximum absolute atomic E-state index is 11.7. The van der Waals surface area contributed by atoms with Crippen LogP contribution in [-0.2, 0) is 12.8 Å². The zero-order valence-electron chi connectivity index (χ0n) is 13.6. The van der Waals surface area contributed by atoms with Crippen molar-refractivity contribution in [3.8, 4) is 5.75 Å². The van der Waals surface area contributed by atoms with E-state index in [9.17, 15) is 20.1 Å². The van der Waals surface area contributed by atoms with Crippen LogP contribution in [-0.4, -0.2) is 38.9 Å². The van der Waals surface area contributed by atoms with Gasteiger partial charge in [0.2, 0.25) is 0 Å². The smallest absolute Gasteiger partial charge is 0.407 e. The quantitative estimate of drug-likeness (QED) is 0.777. The number of aryl methyl sites for hydroxylation is 1. The number of phenolic OH excluding ortho intramolecular Hbond substituents is 1. The number of aliphatic hydroxyl groups excluding tert-OH is 1. The largest absolute Gasteiger partial charge is 0.508 e. The molecule has 0 aromatic heterocycles. The first-order valence-electron chi connectivity index (χ1n) is 8.18. The van der Waals surface area contributed by atoms with Crippen molar-refractivity contribution >= 4 is 17.7 Å². The second kappa shape index (κ2) is 7.33. The van der Waals surface area contributed by atoms with E-state index in [1.165, 1.54) is 4.90 Å². The molecule has 0 saturated carbocycles. The van der Waals surface area contributed by atoms with Gasteiger partial charge in [0.1, 0.15) is 5.75 Å². The van der Waals surface area contributed by atoms with Crippen LogP contribution in [0.5, 0.6) is 5.75 Å². The monoisotopic (exact) mass is 361 g/mol. The third-order valence-electron chi connectivity index (χ3n) is 4.70. The van der Waals surface area contributed by atoms with Crippen LogP contribution >= 0.6 is 11.6 Å². The third-order valence-corrected chi connectivity index (χ3v) is 4.96. The topological polar surface area (TPSA) is 81.0 Å². The van der Waals surface area contributed by atoms with Gasteiger partial charge in [-0.05, 0) is 60.2 Å². The second-order valence-corrected chi connectivity index (χ2v) is 6.79. The Labute approximate surface area is 151 Å². The molecule has 3 N–H and O–H groups in total. The van der Waals surface area contributed by atoms with E-state index in [2.05, 4.69) is 0 Å². The minimum absolute atomic E-state index is 0.00419. The standard InChI is InChI=1S/C19H20ClNO4/c20-15-5-1-13(2-6-15)18(23)11-21(19(24)25)16-7-3-12-4-8-17(22)10-14(12)9-16/h1-2,4-6,8,10,16,18,22-23H,3,7,9,11H2,(H,24,25)/t16-,18-/m0/s1. The molecule has 1 aliphatic carbocycles. The van der Waals surface area contributed by atoms with Gasteiger partial charge in [-0.2, -0.15) is 0 Å². The predicted molar refractivity (Wildman–Crippen MR) is 95.1 cm³/mol. The van der Waals surface area contributed by atoms with Gasteiger partial charge in [-0.3, -0.25) is 0 Å². The van der Waals surface area contributed by atoms with Crippen molar-refractivity contribution in [3.05, 3.63) is 64.2 Å². The van der Waals surface area contributed by atoms with Crippen molar-refractivity contribution < 1.29 is 20.1 Å². The molecule has 3 rings (SSSR count). The first-order valence-corrected chi connectivity index (χ1v) is 8.55. The van der Waals surface area contributed by atoms with Crippen LogP contribution in [0.15, 0.2) is 42.5 Å². The molecule has 25 heavy (non-hydrogen) atoms. The minimum Gasteiger partial charge on any atom is -0.508 e. The third kappa shape index (κ3) is 4.06. The lowest BCUT2D eigenvalue weighted by molar-refractivity contribution is 0.0727. The second-order valence-electron chi connectivity index (χ2n) is 6.35. The maximum atomic E-state index is 11.7. The summed E-state index contributed by atoms with van der Waals surface area (Å²) in [7, 11) is 0. The summed E-state index contributed by atoms with van der Waals surface area (Å²) in [5.74, 6) is 0.183. The van der Waals surface area contributed by atoms with E-state index in [0.717, 1.165) is 17.5 Å². The number of nitrogens with zero attached hydrogens (tertiary/aromatic N) is 1. The highest BCUT2D eigenvalue weighted by atomic mass is 35.5. The summed E-state index contributed by atoms with van der Waals surface area (Å²) >= 11 is 5.85. The van der Waals surface area contributed by atoms with Gasteiger partial charge in [0.25, 0.3) is 0 Å². The number of halogens is 1. The minimum atomic E-state index is -1.05. The summed E-state index contributed by atoms with van der Waals surface area (Å²) < 4.78 is 0. The summed E-state index contributed by atoms with van der Waals surface area (Å²) in [5, 5.41) is 30.2. The average Bonchev–Trinajstić information content (AvgIpc) is 2.59. The number of amides is 1. The first-order chi connectivity index (χ1) is 11.9. The number of aliphatic hydroxyl groups is 1. The molecule has 5 nitrogen and oxygen atoms in total. The Morgan fingerprint density at radius 1 is 1.20 bits per heavy atom. The summed E-state index contributed by atoms with van der Waals surface area (Å²) in [6.07, 6.45) is 0.00238. The zero-order chi connectivity index (χ0) is 18.0. The van der Waals surface area contributed by atoms with E-state index in [4.69, 9.17) is 11.6 Å². The lowest BCUT2D eigenvalue weighted by Gasteiger charge is -2.34. The fourth-order valence-corrected chi connectivity index (χ4v) is 3.48. The molecular formula is C19H20ClNO4. The molecule has 0 unspecified atom stereocenters. The van der Waals surface area contributed by atoms with Crippen LogP contribution in [0.4, 0.5) is 4.79 Å². The highest BCUT2D eigenvalue weighted by Crippen LogP contribution is 2.29. The van der Waals surface area contributed by atoms with E-state index < -0.39 is 12.2 Å². The zero-order valence-corrected chi connectivity index (χ0v) is 14.4. The Morgan fingerprint density at radius 2 is 1.92 bits per heavy atom. The summed E-state index contributed by atoms with van der Waals surface area (Å²) in [6, 6.07) is 11.7. The van der Waals surface area contributed by atoms with E-state index in [1.54, 1.807) is 36.4 Å². The molecule has 2 aromatic rings. The Bertz CT molecular complexity index is 763. The van der Waals surface area contributed by atoms with Gasteiger partial charge in [0, 0.05) is 11.1 Å². The van der Waals surface area contributed by atoms with Crippen LogP contribution in [0.25, 0.3) is 0 Å². The normalized spacial score (nSPS) is 17.6. The van der Waals surface area contributed by atoms with E-state index in [-0.39, 0.29) is 18.3 Å². The Morgan fingerprint density at radius 3 is 2.60 bits per heavy atom. The number of hydrogen-bond donors (Lipinski definition) is 3. The lowest BCUT2D eigenvalue weighted by atomic mass is 9.87. The SMILES string of the molecule is O=C(O)N(C[C@H](O)c1ccc(Cl)cc1)[C@H]1CCc2ccc(O)cc2C1. The van der Waals surface area contributed by atoms with Gasteiger partial charge >= 0.3 is 6.09 Å². The maximum Gasteiger partial charge on any atom is 0.407 e. The van der Waals surface area contributed by atoms with Crippen LogP contribution in [0.3, 0.4) is 0 Å². The van der Waals surface area contributed by atoms with Crippen molar-refractivity contribution in [2.24, 2.45) is 0 Å². The van der Waals surface area contributed by atoms with Gasteiger partial charge in [0.05, 0.1) is 12.6 Å². The number of benzene rings is 2. The number of carbonyl (C=O) groups is 1. The molecule has 0 saturated heterocycles.